The van der Waals surface area contributed by atoms with Crippen molar-refractivity contribution < 1.29 is 14.7 Å². The summed E-state index contributed by atoms with van der Waals surface area (Å²) in [6.45, 7) is 6.75. The van der Waals surface area contributed by atoms with Crippen LogP contribution >= 0.6 is 0 Å². The van der Waals surface area contributed by atoms with E-state index in [1.165, 1.54) is 0 Å². The van der Waals surface area contributed by atoms with Crippen LogP contribution in [0.3, 0.4) is 0 Å². The van der Waals surface area contributed by atoms with E-state index in [9.17, 15) is 9.59 Å². The van der Waals surface area contributed by atoms with Gasteiger partial charge in [0.1, 0.15) is 0 Å². The zero-order chi connectivity index (χ0) is 14.0. The summed E-state index contributed by atoms with van der Waals surface area (Å²) >= 11 is 0. The molecule has 3 N–H and O–H groups in total. The van der Waals surface area contributed by atoms with Crippen LogP contribution in [0.5, 0.6) is 0 Å². The number of carbonyl (C=O) groups excluding carboxylic acids is 1. The molecule has 0 aromatic rings. The highest BCUT2D eigenvalue weighted by Gasteiger charge is 2.09. The van der Waals surface area contributed by atoms with Crippen molar-refractivity contribution in [2.45, 2.75) is 58.9 Å². The molecule has 0 rings (SSSR count). The molecule has 1 unspecified atom stereocenters. The topological polar surface area (TPSA) is 78.4 Å². The SMILES string of the molecule is CC(C)C(C)NC(=O)NCCCCCCC(=O)O. The van der Waals surface area contributed by atoms with Gasteiger partial charge in [0, 0.05) is 19.0 Å². The van der Waals surface area contributed by atoms with Gasteiger partial charge in [-0.1, -0.05) is 26.7 Å². The molecule has 0 heterocycles. The number of urea groups is 1. The van der Waals surface area contributed by atoms with Crippen LogP contribution in [0.1, 0.15) is 52.9 Å². The molecule has 0 fully saturated rings. The summed E-state index contributed by atoms with van der Waals surface area (Å²) in [5.41, 5.74) is 0. The van der Waals surface area contributed by atoms with Crippen LogP contribution in [0.4, 0.5) is 4.79 Å². The summed E-state index contributed by atoms with van der Waals surface area (Å²) in [6.07, 6.45) is 3.69. The number of carboxylic acids is 1. The number of unbranched alkanes of at least 4 members (excludes halogenated alkanes) is 3. The number of hydrogen-bond donors (Lipinski definition) is 3. The van der Waals surface area contributed by atoms with E-state index in [2.05, 4.69) is 24.5 Å². The quantitative estimate of drug-likeness (QED) is 0.555. The molecule has 1 atom stereocenters. The molecule has 0 spiro atoms. The molecule has 0 aliphatic carbocycles. The second-order valence-electron chi connectivity index (χ2n) is 4.99. The Labute approximate surface area is 109 Å². The molecule has 0 saturated heterocycles. The molecule has 2 amide bonds. The summed E-state index contributed by atoms with van der Waals surface area (Å²) < 4.78 is 0. The van der Waals surface area contributed by atoms with Gasteiger partial charge in [-0.3, -0.25) is 4.79 Å². The Kier molecular flexibility index (Phi) is 9.06. The normalized spacial score (nSPS) is 12.2. The fourth-order valence-electron chi connectivity index (χ4n) is 1.38. The van der Waals surface area contributed by atoms with E-state index in [0.717, 1.165) is 19.3 Å². The summed E-state index contributed by atoms with van der Waals surface area (Å²) in [6, 6.07) is 0.0438. The third kappa shape index (κ3) is 9.93. The van der Waals surface area contributed by atoms with Crippen molar-refractivity contribution in [3.63, 3.8) is 0 Å². The molecule has 0 aliphatic heterocycles. The van der Waals surface area contributed by atoms with Crippen LogP contribution in [0, 0.1) is 5.92 Å². The molecule has 0 aliphatic rings. The predicted octanol–water partition coefficient (Wildman–Crippen LogP) is 2.37. The fraction of sp³-hybridized carbons (Fsp3) is 0.846. The highest BCUT2D eigenvalue weighted by Crippen LogP contribution is 2.02. The van der Waals surface area contributed by atoms with Gasteiger partial charge < -0.3 is 15.7 Å². The highest BCUT2D eigenvalue weighted by atomic mass is 16.4. The number of carbonyl (C=O) groups is 2. The Morgan fingerprint density at radius 1 is 1.06 bits per heavy atom. The third-order valence-electron chi connectivity index (χ3n) is 2.96. The van der Waals surface area contributed by atoms with Gasteiger partial charge in [-0.05, 0) is 25.7 Å². The van der Waals surface area contributed by atoms with E-state index in [0.29, 0.717) is 18.9 Å². The summed E-state index contributed by atoms with van der Waals surface area (Å²) in [5, 5.41) is 14.1. The molecule has 0 bridgehead atoms. The number of carboxylic acid groups (broad SMARTS) is 1. The lowest BCUT2D eigenvalue weighted by Gasteiger charge is -2.17. The first-order chi connectivity index (χ1) is 8.43. The van der Waals surface area contributed by atoms with E-state index in [1.54, 1.807) is 0 Å². The first kappa shape index (κ1) is 16.7. The van der Waals surface area contributed by atoms with Crippen molar-refractivity contribution in [3.8, 4) is 0 Å². The van der Waals surface area contributed by atoms with Crippen molar-refractivity contribution in [1.29, 1.82) is 0 Å². The largest absolute Gasteiger partial charge is 0.481 e. The Balaban J connectivity index is 3.38. The average molecular weight is 258 g/mol. The first-order valence-electron chi connectivity index (χ1n) is 6.69. The summed E-state index contributed by atoms with van der Waals surface area (Å²) in [7, 11) is 0. The lowest BCUT2D eigenvalue weighted by molar-refractivity contribution is -0.137. The van der Waals surface area contributed by atoms with Crippen molar-refractivity contribution in [1.82, 2.24) is 10.6 Å². The minimum absolute atomic E-state index is 0.123. The molecular formula is C13H26N2O3. The van der Waals surface area contributed by atoms with Crippen molar-refractivity contribution in [3.05, 3.63) is 0 Å². The first-order valence-corrected chi connectivity index (χ1v) is 6.69. The molecule has 0 aromatic carbocycles. The van der Waals surface area contributed by atoms with Gasteiger partial charge in [-0.15, -0.1) is 0 Å². The Hall–Kier alpha value is -1.26. The molecule has 18 heavy (non-hydrogen) atoms. The van der Waals surface area contributed by atoms with Crippen LogP contribution < -0.4 is 10.6 Å². The van der Waals surface area contributed by atoms with Gasteiger partial charge in [0.2, 0.25) is 0 Å². The number of amides is 2. The Morgan fingerprint density at radius 2 is 1.67 bits per heavy atom. The maximum atomic E-state index is 11.4. The monoisotopic (exact) mass is 258 g/mol. The van der Waals surface area contributed by atoms with Crippen molar-refractivity contribution >= 4 is 12.0 Å². The van der Waals surface area contributed by atoms with E-state index in [4.69, 9.17) is 5.11 Å². The lowest BCUT2D eigenvalue weighted by Crippen LogP contribution is -2.43. The zero-order valence-corrected chi connectivity index (χ0v) is 11.7. The Bertz CT molecular complexity index is 255. The van der Waals surface area contributed by atoms with Gasteiger partial charge in [0.25, 0.3) is 0 Å². The fourth-order valence-corrected chi connectivity index (χ4v) is 1.38. The molecule has 0 radical (unpaired) electrons. The van der Waals surface area contributed by atoms with E-state index in [1.807, 2.05) is 6.92 Å². The van der Waals surface area contributed by atoms with Crippen LogP contribution in [0.2, 0.25) is 0 Å². The standard InChI is InChI=1S/C13H26N2O3/c1-10(2)11(3)15-13(18)14-9-7-5-4-6-8-12(16)17/h10-11H,4-9H2,1-3H3,(H,16,17)(H2,14,15,18). The van der Waals surface area contributed by atoms with Gasteiger partial charge in [-0.2, -0.15) is 0 Å². The smallest absolute Gasteiger partial charge is 0.315 e. The minimum atomic E-state index is -0.741. The van der Waals surface area contributed by atoms with E-state index in [-0.39, 0.29) is 18.5 Å². The molecule has 0 aromatic heterocycles. The molecule has 5 heteroatoms. The number of hydrogen-bond acceptors (Lipinski definition) is 2. The van der Waals surface area contributed by atoms with Gasteiger partial charge >= 0.3 is 12.0 Å². The molecular weight excluding hydrogens is 232 g/mol. The van der Waals surface area contributed by atoms with Crippen molar-refractivity contribution in [2.24, 2.45) is 5.92 Å². The second-order valence-corrected chi connectivity index (χ2v) is 4.99. The van der Waals surface area contributed by atoms with E-state index < -0.39 is 5.97 Å². The maximum absolute atomic E-state index is 11.4. The summed E-state index contributed by atoms with van der Waals surface area (Å²) in [4.78, 5) is 21.7. The zero-order valence-electron chi connectivity index (χ0n) is 11.7. The van der Waals surface area contributed by atoms with Gasteiger partial charge in [0.05, 0.1) is 0 Å². The van der Waals surface area contributed by atoms with Crippen LogP contribution in [-0.2, 0) is 4.79 Å². The number of nitrogens with one attached hydrogen (secondary N) is 2. The van der Waals surface area contributed by atoms with Gasteiger partial charge in [-0.25, -0.2) is 4.79 Å². The van der Waals surface area contributed by atoms with Crippen molar-refractivity contribution in [2.75, 3.05) is 6.54 Å². The van der Waals surface area contributed by atoms with Crippen LogP contribution in [0.15, 0.2) is 0 Å². The molecule has 0 saturated carbocycles. The second kappa shape index (κ2) is 9.74. The minimum Gasteiger partial charge on any atom is -0.481 e. The van der Waals surface area contributed by atoms with E-state index >= 15 is 0 Å². The lowest BCUT2D eigenvalue weighted by atomic mass is 10.1. The third-order valence-corrected chi connectivity index (χ3v) is 2.96. The van der Waals surface area contributed by atoms with Crippen LogP contribution in [-0.4, -0.2) is 29.7 Å². The predicted molar refractivity (Wildman–Crippen MR) is 71.6 cm³/mol. The van der Waals surface area contributed by atoms with Crippen LogP contribution in [0.25, 0.3) is 0 Å². The number of aliphatic carboxylic acids is 1. The summed E-state index contributed by atoms with van der Waals surface area (Å²) in [5.74, 6) is -0.318. The van der Waals surface area contributed by atoms with Gasteiger partial charge in [0.15, 0.2) is 0 Å². The molecule has 106 valence electrons. The maximum Gasteiger partial charge on any atom is 0.315 e. The highest BCUT2D eigenvalue weighted by molar-refractivity contribution is 5.74. The average Bonchev–Trinajstić information content (AvgIpc) is 2.27. The number of rotatable bonds is 9. The Morgan fingerprint density at radius 3 is 2.22 bits per heavy atom. The molecule has 5 nitrogen and oxygen atoms in total.